The van der Waals surface area contributed by atoms with Gasteiger partial charge in [-0.05, 0) is 29.4 Å². The third-order valence-corrected chi connectivity index (χ3v) is 4.95. The third kappa shape index (κ3) is 3.11. The van der Waals surface area contributed by atoms with Crippen LogP contribution in [-0.2, 0) is 14.3 Å². The van der Waals surface area contributed by atoms with Gasteiger partial charge in [-0.25, -0.2) is 4.79 Å². The number of amides is 1. The molecule has 5 heteroatoms. The predicted octanol–water partition coefficient (Wildman–Crippen LogP) is 2.27. The van der Waals surface area contributed by atoms with E-state index in [0.29, 0.717) is 18.9 Å². The van der Waals surface area contributed by atoms with E-state index < -0.39 is 11.5 Å². The summed E-state index contributed by atoms with van der Waals surface area (Å²) in [5.41, 5.74) is 1.19. The van der Waals surface area contributed by atoms with Crippen LogP contribution in [-0.4, -0.2) is 35.7 Å². The van der Waals surface area contributed by atoms with Crippen LogP contribution >= 0.6 is 0 Å². The van der Waals surface area contributed by atoms with Crippen LogP contribution in [0, 0.1) is 5.92 Å². The van der Waals surface area contributed by atoms with Gasteiger partial charge < -0.3 is 15.2 Å². The molecular weight excluding hydrogens is 294 g/mol. The monoisotopic (exact) mass is 317 g/mol. The van der Waals surface area contributed by atoms with Crippen molar-refractivity contribution in [3.8, 4) is 0 Å². The summed E-state index contributed by atoms with van der Waals surface area (Å²) in [6, 6.07) is 8.38. The van der Waals surface area contributed by atoms with E-state index in [2.05, 4.69) is 43.4 Å². The number of hydrogen-bond acceptors (Lipinski definition) is 3. The summed E-state index contributed by atoms with van der Waals surface area (Å²) in [6.45, 7) is 4.72. The SMILES string of the molecule is CC(C)c1ccc(C2CC2C(=O)NC2(C(=O)O)CCOC2)cc1. The molecule has 1 aromatic rings. The second kappa shape index (κ2) is 5.96. The van der Waals surface area contributed by atoms with Crippen molar-refractivity contribution < 1.29 is 19.4 Å². The van der Waals surface area contributed by atoms with Crippen molar-refractivity contribution in [2.75, 3.05) is 13.2 Å². The van der Waals surface area contributed by atoms with Crippen LogP contribution in [0.2, 0.25) is 0 Å². The molecule has 0 aromatic heterocycles. The van der Waals surface area contributed by atoms with E-state index >= 15 is 0 Å². The van der Waals surface area contributed by atoms with Crippen molar-refractivity contribution in [2.45, 2.75) is 44.1 Å². The normalized spacial score (nSPS) is 29.5. The first-order chi connectivity index (χ1) is 10.9. The van der Waals surface area contributed by atoms with Gasteiger partial charge in [-0.3, -0.25) is 4.79 Å². The van der Waals surface area contributed by atoms with Crippen molar-refractivity contribution in [1.82, 2.24) is 5.32 Å². The van der Waals surface area contributed by atoms with E-state index in [9.17, 15) is 14.7 Å². The van der Waals surface area contributed by atoms with Gasteiger partial charge in [0.1, 0.15) is 0 Å². The highest BCUT2D eigenvalue weighted by Crippen LogP contribution is 2.48. The molecule has 1 saturated heterocycles. The molecule has 0 spiro atoms. The Labute approximate surface area is 136 Å². The number of hydrogen-bond donors (Lipinski definition) is 2. The van der Waals surface area contributed by atoms with Crippen molar-refractivity contribution in [2.24, 2.45) is 5.92 Å². The molecule has 1 saturated carbocycles. The Hall–Kier alpha value is -1.88. The lowest BCUT2D eigenvalue weighted by Crippen LogP contribution is -2.55. The molecule has 0 radical (unpaired) electrons. The molecule has 23 heavy (non-hydrogen) atoms. The number of carboxylic acids is 1. The Balaban J connectivity index is 1.63. The minimum atomic E-state index is -1.24. The topological polar surface area (TPSA) is 75.6 Å². The Bertz CT molecular complexity index is 602. The zero-order valence-electron chi connectivity index (χ0n) is 13.5. The molecule has 1 aliphatic heterocycles. The highest BCUT2D eigenvalue weighted by atomic mass is 16.5. The molecule has 5 nitrogen and oxygen atoms in total. The molecule has 0 bridgehead atoms. The molecule has 1 aromatic carbocycles. The lowest BCUT2D eigenvalue weighted by atomic mass is 9.98. The molecule has 2 fully saturated rings. The fourth-order valence-electron chi connectivity index (χ4n) is 3.20. The minimum absolute atomic E-state index is 0.0501. The molecule has 124 valence electrons. The number of carbonyl (C=O) groups excluding carboxylic acids is 1. The molecule has 3 atom stereocenters. The average Bonchev–Trinajstić information content (AvgIpc) is 3.19. The first-order valence-electron chi connectivity index (χ1n) is 8.16. The van der Waals surface area contributed by atoms with Crippen LogP contribution in [0.1, 0.15) is 49.7 Å². The first kappa shape index (κ1) is 16.0. The number of carbonyl (C=O) groups is 2. The van der Waals surface area contributed by atoms with Gasteiger partial charge in [0.25, 0.3) is 0 Å². The van der Waals surface area contributed by atoms with Gasteiger partial charge in [0, 0.05) is 18.9 Å². The number of benzene rings is 1. The summed E-state index contributed by atoms with van der Waals surface area (Å²) in [6.07, 6.45) is 1.11. The molecule has 3 unspecified atom stereocenters. The first-order valence-corrected chi connectivity index (χ1v) is 8.16. The van der Waals surface area contributed by atoms with Crippen molar-refractivity contribution >= 4 is 11.9 Å². The van der Waals surface area contributed by atoms with Crippen molar-refractivity contribution in [3.05, 3.63) is 35.4 Å². The smallest absolute Gasteiger partial charge is 0.331 e. The number of aliphatic carboxylic acids is 1. The van der Waals surface area contributed by atoms with E-state index in [1.165, 1.54) is 5.56 Å². The highest BCUT2D eigenvalue weighted by molar-refractivity contribution is 5.90. The maximum Gasteiger partial charge on any atom is 0.331 e. The third-order valence-electron chi connectivity index (χ3n) is 4.95. The van der Waals surface area contributed by atoms with Crippen LogP contribution < -0.4 is 5.32 Å². The van der Waals surface area contributed by atoms with Gasteiger partial charge >= 0.3 is 5.97 Å². The summed E-state index contributed by atoms with van der Waals surface area (Å²) >= 11 is 0. The lowest BCUT2D eigenvalue weighted by molar-refractivity contribution is -0.147. The number of ether oxygens (including phenoxy) is 1. The molecular formula is C18H23NO4. The summed E-state index contributed by atoms with van der Waals surface area (Å²) in [5.74, 6) is -0.626. The average molecular weight is 317 g/mol. The van der Waals surface area contributed by atoms with E-state index in [-0.39, 0.29) is 24.3 Å². The molecule has 1 amide bonds. The molecule has 2 N–H and O–H groups in total. The van der Waals surface area contributed by atoms with Gasteiger partial charge in [0.2, 0.25) is 5.91 Å². The van der Waals surface area contributed by atoms with E-state index in [4.69, 9.17) is 4.74 Å². The van der Waals surface area contributed by atoms with Crippen molar-refractivity contribution in [1.29, 1.82) is 0 Å². The summed E-state index contributed by atoms with van der Waals surface area (Å²) in [5, 5.41) is 12.1. The Morgan fingerprint density at radius 3 is 2.52 bits per heavy atom. The van der Waals surface area contributed by atoms with Gasteiger partial charge in [-0.15, -0.1) is 0 Å². The summed E-state index contributed by atoms with van der Waals surface area (Å²) in [4.78, 5) is 23.9. The highest BCUT2D eigenvalue weighted by Gasteiger charge is 2.50. The van der Waals surface area contributed by atoms with Gasteiger partial charge in [-0.1, -0.05) is 38.1 Å². The summed E-state index contributed by atoms with van der Waals surface area (Å²) in [7, 11) is 0. The van der Waals surface area contributed by atoms with Crippen LogP contribution in [0.3, 0.4) is 0 Å². The second-order valence-electron chi connectivity index (χ2n) is 6.95. The number of nitrogens with one attached hydrogen (secondary N) is 1. The van der Waals surface area contributed by atoms with Crippen LogP contribution in [0.25, 0.3) is 0 Å². The van der Waals surface area contributed by atoms with E-state index in [1.807, 2.05) is 0 Å². The second-order valence-corrected chi connectivity index (χ2v) is 6.95. The summed E-state index contributed by atoms with van der Waals surface area (Å²) < 4.78 is 5.17. The Morgan fingerprint density at radius 1 is 1.30 bits per heavy atom. The van der Waals surface area contributed by atoms with Gasteiger partial charge in [0.15, 0.2) is 5.54 Å². The number of carboxylic acid groups (broad SMARTS) is 1. The van der Waals surface area contributed by atoms with E-state index in [0.717, 1.165) is 12.0 Å². The quantitative estimate of drug-likeness (QED) is 0.873. The zero-order valence-corrected chi connectivity index (χ0v) is 13.5. The molecule has 3 rings (SSSR count). The van der Waals surface area contributed by atoms with Crippen LogP contribution in [0.5, 0.6) is 0 Å². The predicted molar refractivity (Wildman–Crippen MR) is 85.3 cm³/mol. The Kier molecular flexibility index (Phi) is 4.15. The zero-order chi connectivity index (χ0) is 16.6. The van der Waals surface area contributed by atoms with Crippen LogP contribution in [0.4, 0.5) is 0 Å². The molecule has 1 aliphatic carbocycles. The molecule has 2 aliphatic rings. The van der Waals surface area contributed by atoms with Crippen molar-refractivity contribution in [3.63, 3.8) is 0 Å². The number of rotatable bonds is 5. The molecule has 1 heterocycles. The van der Waals surface area contributed by atoms with Gasteiger partial charge in [0.05, 0.1) is 6.61 Å². The lowest BCUT2D eigenvalue weighted by Gasteiger charge is -2.23. The fourth-order valence-corrected chi connectivity index (χ4v) is 3.20. The van der Waals surface area contributed by atoms with Gasteiger partial charge in [-0.2, -0.15) is 0 Å². The van der Waals surface area contributed by atoms with E-state index in [1.54, 1.807) is 0 Å². The van der Waals surface area contributed by atoms with Crippen LogP contribution in [0.15, 0.2) is 24.3 Å². The Morgan fingerprint density at radius 2 is 2.00 bits per heavy atom. The standard InChI is InChI=1S/C18H23NO4/c1-11(2)12-3-5-13(6-4-12)14-9-15(14)16(20)19-18(17(21)22)7-8-23-10-18/h3-6,11,14-15H,7-10H2,1-2H3,(H,19,20)(H,21,22). The maximum atomic E-state index is 12.4. The minimum Gasteiger partial charge on any atom is -0.479 e. The fraction of sp³-hybridized carbons (Fsp3) is 0.556. The maximum absolute atomic E-state index is 12.4. The largest absolute Gasteiger partial charge is 0.479 e.